The van der Waals surface area contributed by atoms with E-state index in [-0.39, 0.29) is 5.97 Å². The van der Waals surface area contributed by atoms with Gasteiger partial charge in [-0.25, -0.2) is 0 Å². The molecule has 1 aromatic carbocycles. The molecule has 3 unspecified atom stereocenters. The third-order valence-corrected chi connectivity index (χ3v) is 12.9. The van der Waals surface area contributed by atoms with E-state index in [0.29, 0.717) is 18.4 Å². The van der Waals surface area contributed by atoms with Crippen LogP contribution in [0.1, 0.15) is 25.7 Å². The fraction of sp³-hybridized carbons (Fsp3) is 0.750. The van der Waals surface area contributed by atoms with Gasteiger partial charge in [0, 0.05) is 0 Å². The average molecular weight is 417 g/mol. The van der Waals surface area contributed by atoms with E-state index in [1.165, 1.54) is 25.7 Å². The number of ether oxygens (including phenoxy) is 2. The molecule has 8 fully saturated rings. The second-order valence-electron chi connectivity index (χ2n) is 12.6. The highest BCUT2D eigenvalue weighted by Crippen LogP contribution is 2.90. The van der Waals surface area contributed by atoms with Gasteiger partial charge in [0.2, 0.25) is 0 Å². The van der Waals surface area contributed by atoms with Crippen LogP contribution in [0.3, 0.4) is 0 Å². The van der Waals surface area contributed by atoms with Crippen molar-refractivity contribution in [1.29, 1.82) is 0 Å². The number of carbonyl (C=O) groups is 1. The SMILES string of the molecule is COC(=O)C1(COc2ccccc2)[C@@H]2[C@@H]3CC[C@H]4C5C6[C@H]([C@@H]2[C@H]2[C@H]6[C@@H]6[C@@H](CC[C@H]56)[C@H]21)[C@@H]34. The zero-order valence-corrected chi connectivity index (χ0v) is 18.2. The van der Waals surface area contributed by atoms with E-state index in [1.54, 1.807) is 7.11 Å². The van der Waals surface area contributed by atoms with Crippen molar-refractivity contribution in [1.82, 2.24) is 0 Å². The Hall–Kier alpha value is -1.51. The molecule has 9 rings (SSSR count). The maximum atomic E-state index is 13.9. The van der Waals surface area contributed by atoms with Crippen LogP contribution >= 0.6 is 0 Å². The van der Waals surface area contributed by atoms with Gasteiger partial charge in [0.05, 0.1) is 7.11 Å². The zero-order chi connectivity index (χ0) is 20.2. The summed E-state index contributed by atoms with van der Waals surface area (Å²) in [5.74, 6) is 13.0. The fourth-order valence-electron chi connectivity index (χ4n) is 13.4. The predicted molar refractivity (Wildman–Crippen MR) is 114 cm³/mol. The molecule has 8 aliphatic carbocycles. The molecule has 15 atom stereocenters. The van der Waals surface area contributed by atoms with Gasteiger partial charge >= 0.3 is 5.97 Å². The minimum Gasteiger partial charge on any atom is -0.492 e. The van der Waals surface area contributed by atoms with E-state index in [1.807, 2.05) is 30.3 Å². The standard InChI is InChI=1S/C28H32O3/c1-30-27(29)28(11-31-12-5-3-2-4-6-12)25-15-9-7-13-17-14-8-10-16-19(14)22-20(17)21(18(13)15)23(25)24(22)26(16)28/h2-6,13-26H,7-11H2,1H3/t13-,14+,15-,16-,17?,18+,19-,20?,21+,22-,23-,24-,25-,26-,28?/m1/s1. The Labute approximate surface area is 184 Å². The number of carbonyl (C=O) groups excluding carboxylic acids is 1. The van der Waals surface area contributed by atoms with E-state index >= 15 is 0 Å². The first kappa shape index (κ1) is 17.0. The van der Waals surface area contributed by atoms with Crippen molar-refractivity contribution in [3.63, 3.8) is 0 Å². The van der Waals surface area contributed by atoms with E-state index in [0.717, 1.165) is 76.8 Å². The molecular formula is C28H32O3. The summed E-state index contributed by atoms with van der Waals surface area (Å²) in [6.45, 7) is 0.543. The molecule has 0 N–H and O–H groups in total. The number of methoxy groups -OCH3 is 1. The monoisotopic (exact) mass is 416 g/mol. The molecule has 1 aromatic rings. The van der Waals surface area contributed by atoms with Crippen LogP contribution in [0.4, 0.5) is 0 Å². The summed E-state index contributed by atoms with van der Waals surface area (Å²) in [5.41, 5.74) is -0.409. The van der Waals surface area contributed by atoms with Gasteiger partial charge in [-0.15, -0.1) is 0 Å². The molecule has 8 saturated carbocycles. The second kappa shape index (κ2) is 5.18. The molecule has 0 heterocycles. The maximum Gasteiger partial charge on any atom is 0.315 e. The quantitative estimate of drug-likeness (QED) is 0.677. The van der Waals surface area contributed by atoms with Crippen molar-refractivity contribution < 1.29 is 14.3 Å². The molecule has 3 heteroatoms. The maximum absolute atomic E-state index is 13.9. The Morgan fingerprint density at radius 2 is 1.29 bits per heavy atom. The predicted octanol–water partition coefficient (Wildman–Crippen LogP) is 4.52. The van der Waals surface area contributed by atoms with Crippen molar-refractivity contribution in [3.05, 3.63) is 30.3 Å². The fourth-order valence-corrected chi connectivity index (χ4v) is 13.4. The summed E-state index contributed by atoms with van der Waals surface area (Å²) in [5, 5.41) is 0. The zero-order valence-electron chi connectivity index (χ0n) is 18.2. The molecule has 3 nitrogen and oxygen atoms in total. The van der Waals surface area contributed by atoms with Crippen LogP contribution in [-0.2, 0) is 9.53 Å². The Morgan fingerprint density at radius 1 is 0.774 bits per heavy atom. The molecule has 0 aliphatic heterocycles. The minimum atomic E-state index is -0.409. The Kier molecular flexibility index (Phi) is 2.84. The molecule has 0 radical (unpaired) electrons. The van der Waals surface area contributed by atoms with Gasteiger partial charge in [-0.05, 0) is 121 Å². The first-order valence-corrected chi connectivity index (χ1v) is 13.0. The molecular weight excluding hydrogens is 384 g/mol. The van der Waals surface area contributed by atoms with E-state index < -0.39 is 5.41 Å². The smallest absolute Gasteiger partial charge is 0.315 e. The third kappa shape index (κ3) is 1.53. The third-order valence-electron chi connectivity index (χ3n) is 12.9. The lowest BCUT2D eigenvalue weighted by Crippen LogP contribution is -2.50. The van der Waals surface area contributed by atoms with Gasteiger partial charge in [-0.2, -0.15) is 0 Å². The van der Waals surface area contributed by atoms with Crippen LogP contribution in [-0.4, -0.2) is 19.7 Å². The van der Waals surface area contributed by atoms with Gasteiger partial charge in [0.1, 0.15) is 17.8 Å². The van der Waals surface area contributed by atoms with Gasteiger partial charge < -0.3 is 9.47 Å². The van der Waals surface area contributed by atoms with Crippen LogP contribution < -0.4 is 4.74 Å². The van der Waals surface area contributed by atoms with Crippen molar-refractivity contribution in [2.75, 3.05) is 13.7 Å². The van der Waals surface area contributed by atoms with Gasteiger partial charge in [-0.1, -0.05) is 18.2 Å². The summed E-state index contributed by atoms with van der Waals surface area (Å²) in [6.07, 6.45) is 5.63. The molecule has 0 bridgehead atoms. The molecule has 8 aliphatic rings. The number of fused-ring (bicyclic) bond motifs is 4. The largest absolute Gasteiger partial charge is 0.492 e. The minimum absolute atomic E-state index is 0.0766. The van der Waals surface area contributed by atoms with E-state index in [2.05, 4.69) is 0 Å². The number of para-hydroxylation sites is 1. The summed E-state index contributed by atoms with van der Waals surface area (Å²) in [7, 11) is 1.64. The van der Waals surface area contributed by atoms with Crippen LogP contribution in [0.5, 0.6) is 5.75 Å². The van der Waals surface area contributed by atoms with Gasteiger partial charge in [0.15, 0.2) is 0 Å². The molecule has 0 saturated heterocycles. The van der Waals surface area contributed by atoms with Crippen LogP contribution in [0.25, 0.3) is 0 Å². The first-order valence-electron chi connectivity index (χ1n) is 13.0. The Morgan fingerprint density at radius 3 is 1.87 bits per heavy atom. The van der Waals surface area contributed by atoms with Crippen LogP contribution in [0, 0.1) is 88.3 Å². The lowest BCUT2D eigenvalue weighted by molar-refractivity contribution is -0.165. The van der Waals surface area contributed by atoms with Crippen molar-refractivity contribution >= 4 is 5.97 Å². The highest BCUT2D eigenvalue weighted by atomic mass is 16.5. The van der Waals surface area contributed by atoms with E-state index in [4.69, 9.17) is 9.47 Å². The number of hydrogen-bond acceptors (Lipinski definition) is 3. The Balaban J connectivity index is 1.25. The Bertz CT molecular complexity index is 941. The van der Waals surface area contributed by atoms with Crippen LogP contribution in [0.15, 0.2) is 30.3 Å². The first-order chi connectivity index (χ1) is 15.3. The highest BCUT2D eigenvalue weighted by Gasteiger charge is 2.89. The number of benzene rings is 1. The normalized spacial score (nSPS) is 61.6. The molecule has 31 heavy (non-hydrogen) atoms. The van der Waals surface area contributed by atoms with Gasteiger partial charge in [-0.3, -0.25) is 4.79 Å². The number of esters is 1. The average Bonchev–Trinajstić information content (AvgIpc) is 3.58. The molecule has 0 spiro atoms. The van der Waals surface area contributed by atoms with Crippen molar-refractivity contribution in [2.45, 2.75) is 25.7 Å². The van der Waals surface area contributed by atoms with Crippen LogP contribution in [0.2, 0.25) is 0 Å². The second-order valence-corrected chi connectivity index (χ2v) is 12.6. The topological polar surface area (TPSA) is 35.5 Å². The lowest BCUT2D eigenvalue weighted by Gasteiger charge is -2.42. The lowest BCUT2D eigenvalue weighted by atomic mass is 9.62. The number of hydrogen-bond donors (Lipinski definition) is 0. The summed E-state index contributed by atoms with van der Waals surface area (Å²) >= 11 is 0. The summed E-state index contributed by atoms with van der Waals surface area (Å²) < 4.78 is 12.2. The molecule has 162 valence electrons. The molecule has 0 amide bonds. The van der Waals surface area contributed by atoms with Gasteiger partial charge in [0.25, 0.3) is 0 Å². The summed E-state index contributed by atoms with van der Waals surface area (Å²) in [4.78, 5) is 13.9. The van der Waals surface area contributed by atoms with Crippen molar-refractivity contribution in [3.8, 4) is 5.75 Å². The summed E-state index contributed by atoms with van der Waals surface area (Å²) in [6, 6.07) is 10.2. The number of rotatable bonds is 4. The van der Waals surface area contributed by atoms with E-state index in [9.17, 15) is 4.79 Å². The van der Waals surface area contributed by atoms with Crippen molar-refractivity contribution in [2.24, 2.45) is 88.3 Å². The highest BCUT2D eigenvalue weighted by molar-refractivity contribution is 5.79. The molecule has 0 aromatic heterocycles.